The van der Waals surface area contributed by atoms with E-state index in [1.807, 2.05) is 38.1 Å². The molecule has 2 N–H and O–H groups in total. The van der Waals surface area contributed by atoms with E-state index in [-0.39, 0.29) is 36.2 Å². The molecule has 2 atom stereocenters. The van der Waals surface area contributed by atoms with E-state index in [0.717, 1.165) is 56.6 Å². The summed E-state index contributed by atoms with van der Waals surface area (Å²) in [6.07, 6.45) is 4.81. The molecule has 1 aromatic rings. The molecule has 2 rings (SSSR count). The minimum atomic E-state index is -3.22. The summed E-state index contributed by atoms with van der Waals surface area (Å²) < 4.78 is 25.7. The second kappa shape index (κ2) is 12.8. The van der Waals surface area contributed by atoms with Crippen molar-refractivity contribution in [2.45, 2.75) is 64.8 Å². The third-order valence-corrected chi connectivity index (χ3v) is 7.38. The summed E-state index contributed by atoms with van der Waals surface area (Å²) in [6, 6.07) is 7.97. The summed E-state index contributed by atoms with van der Waals surface area (Å²) >= 11 is 0. The van der Waals surface area contributed by atoms with Gasteiger partial charge in [-0.15, -0.1) is 12.4 Å². The number of amides is 1. The summed E-state index contributed by atoms with van der Waals surface area (Å²) in [5.41, 5.74) is 1.89. The molecule has 0 bridgehead atoms. The number of carbonyl (C=O) groups excluding carboxylic acids is 1. The van der Waals surface area contributed by atoms with Gasteiger partial charge in [-0.2, -0.15) is 0 Å². The fraction of sp³-hybridized carbons (Fsp3) is 0.696. The third kappa shape index (κ3) is 8.37. The number of benzene rings is 1. The topological polar surface area (TPSA) is 78.5 Å². The van der Waals surface area contributed by atoms with Crippen LogP contribution < -0.4 is 10.6 Å². The molecule has 6 nitrogen and oxygen atoms in total. The predicted octanol–water partition coefficient (Wildman–Crippen LogP) is 3.72. The van der Waals surface area contributed by atoms with Crippen molar-refractivity contribution in [3.63, 3.8) is 0 Å². The van der Waals surface area contributed by atoms with Crippen molar-refractivity contribution in [1.82, 2.24) is 10.2 Å². The Morgan fingerprint density at radius 2 is 1.87 bits per heavy atom. The van der Waals surface area contributed by atoms with Gasteiger partial charge in [0, 0.05) is 23.9 Å². The Hall–Kier alpha value is -1.15. The van der Waals surface area contributed by atoms with E-state index in [1.165, 1.54) is 6.26 Å². The second-order valence-corrected chi connectivity index (χ2v) is 11.1. The number of hydrogen-bond donors (Lipinski definition) is 2. The highest BCUT2D eigenvalue weighted by Crippen LogP contribution is 2.28. The molecule has 1 aromatic carbocycles. The molecule has 0 saturated carbocycles. The number of halogens is 1. The second-order valence-electron chi connectivity index (χ2n) is 8.94. The standard InChI is InChI=1S/C23H39N3O3S.ClH/c1-6-14-26(23(30(5,28)29)20-10-12-24-13-11-20)18(4)15-19-8-7-9-21(16-19)25-22(27)17(2)3;/h7-9,16-18,20,23-24H,6,10-15H2,1-5H3,(H,25,27);1H. The van der Waals surface area contributed by atoms with Crippen LogP contribution in [-0.2, 0) is 21.1 Å². The minimum Gasteiger partial charge on any atom is -0.326 e. The van der Waals surface area contributed by atoms with Gasteiger partial charge in [0.1, 0.15) is 5.37 Å². The Morgan fingerprint density at radius 1 is 1.23 bits per heavy atom. The van der Waals surface area contributed by atoms with Crippen LogP contribution in [0.4, 0.5) is 5.69 Å². The molecule has 1 fully saturated rings. The van der Waals surface area contributed by atoms with Crippen LogP contribution in [0.3, 0.4) is 0 Å². The Bertz CT molecular complexity index is 795. The van der Waals surface area contributed by atoms with E-state index < -0.39 is 15.2 Å². The number of carbonyl (C=O) groups is 1. The number of hydrogen-bond acceptors (Lipinski definition) is 5. The van der Waals surface area contributed by atoms with E-state index in [4.69, 9.17) is 0 Å². The maximum atomic E-state index is 12.8. The highest BCUT2D eigenvalue weighted by Gasteiger charge is 2.37. The highest BCUT2D eigenvalue weighted by atomic mass is 35.5. The zero-order chi connectivity index (χ0) is 22.3. The summed E-state index contributed by atoms with van der Waals surface area (Å²) in [4.78, 5) is 14.2. The molecule has 0 radical (unpaired) electrons. The van der Waals surface area contributed by atoms with Gasteiger partial charge in [-0.3, -0.25) is 9.69 Å². The Balaban J connectivity index is 0.00000480. The van der Waals surface area contributed by atoms with Gasteiger partial charge in [0.05, 0.1) is 0 Å². The van der Waals surface area contributed by atoms with Crippen molar-refractivity contribution in [2.75, 3.05) is 31.2 Å². The Morgan fingerprint density at radius 3 is 2.42 bits per heavy atom. The molecule has 0 aromatic heterocycles. The fourth-order valence-corrected chi connectivity index (χ4v) is 6.15. The largest absolute Gasteiger partial charge is 0.326 e. The molecule has 1 saturated heterocycles. The van der Waals surface area contributed by atoms with E-state index in [9.17, 15) is 13.2 Å². The van der Waals surface area contributed by atoms with Crippen LogP contribution in [0.2, 0.25) is 0 Å². The van der Waals surface area contributed by atoms with Crippen LogP contribution >= 0.6 is 12.4 Å². The SMILES string of the molecule is CCCN(C(C)Cc1cccc(NC(=O)C(C)C)c1)C(C1CCNCC1)S(C)(=O)=O.Cl. The van der Waals surface area contributed by atoms with Crippen LogP contribution in [0.5, 0.6) is 0 Å². The lowest BCUT2D eigenvalue weighted by atomic mass is 9.95. The lowest BCUT2D eigenvalue weighted by Crippen LogP contribution is -2.52. The molecule has 31 heavy (non-hydrogen) atoms. The number of nitrogens with zero attached hydrogens (tertiary/aromatic N) is 1. The van der Waals surface area contributed by atoms with Crippen molar-refractivity contribution in [1.29, 1.82) is 0 Å². The van der Waals surface area contributed by atoms with Crippen molar-refractivity contribution in [3.8, 4) is 0 Å². The molecular formula is C23H40ClN3O3S. The third-order valence-electron chi connectivity index (χ3n) is 5.85. The molecule has 1 amide bonds. The average molecular weight is 474 g/mol. The van der Waals surface area contributed by atoms with E-state index in [1.54, 1.807) is 0 Å². The molecule has 2 unspecified atom stereocenters. The first-order valence-electron chi connectivity index (χ1n) is 11.2. The summed E-state index contributed by atoms with van der Waals surface area (Å²) in [7, 11) is -3.22. The van der Waals surface area contributed by atoms with Crippen molar-refractivity contribution < 1.29 is 13.2 Å². The van der Waals surface area contributed by atoms with Gasteiger partial charge in [0.2, 0.25) is 5.91 Å². The molecule has 0 spiro atoms. The average Bonchev–Trinajstić information content (AvgIpc) is 2.67. The van der Waals surface area contributed by atoms with Crippen LogP contribution in [0.15, 0.2) is 24.3 Å². The first-order chi connectivity index (χ1) is 14.1. The van der Waals surface area contributed by atoms with Gasteiger partial charge in [-0.25, -0.2) is 8.42 Å². The fourth-order valence-electron chi connectivity index (χ4n) is 4.37. The van der Waals surface area contributed by atoms with E-state index >= 15 is 0 Å². The van der Waals surface area contributed by atoms with Crippen LogP contribution in [-0.4, -0.2) is 56.5 Å². The first-order valence-corrected chi connectivity index (χ1v) is 13.1. The minimum absolute atomic E-state index is 0. The molecule has 0 aliphatic carbocycles. The molecule has 8 heteroatoms. The Labute approximate surface area is 194 Å². The summed E-state index contributed by atoms with van der Waals surface area (Å²) in [5.74, 6) is 0.0795. The molecule has 1 heterocycles. The van der Waals surface area contributed by atoms with Crippen LogP contribution in [0.1, 0.15) is 52.5 Å². The summed E-state index contributed by atoms with van der Waals surface area (Å²) in [5, 5.41) is 5.85. The van der Waals surface area contributed by atoms with Gasteiger partial charge >= 0.3 is 0 Å². The zero-order valence-electron chi connectivity index (χ0n) is 19.6. The molecule has 1 aliphatic heterocycles. The van der Waals surface area contributed by atoms with Crippen molar-refractivity contribution in [2.24, 2.45) is 11.8 Å². The smallest absolute Gasteiger partial charge is 0.226 e. The van der Waals surface area contributed by atoms with Gasteiger partial charge in [-0.05, 0) is 75.9 Å². The number of nitrogens with one attached hydrogen (secondary N) is 2. The normalized spacial score (nSPS) is 17.3. The number of anilines is 1. The van der Waals surface area contributed by atoms with Crippen molar-refractivity contribution in [3.05, 3.63) is 29.8 Å². The maximum Gasteiger partial charge on any atom is 0.226 e. The lowest BCUT2D eigenvalue weighted by molar-refractivity contribution is -0.118. The lowest BCUT2D eigenvalue weighted by Gasteiger charge is -2.41. The predicted molar refractivity (Wildman–Crippen MR) is 132 cm³/mol. The van der Waals surface area contributed by atoms with Crippen LogP contribution in [0.25, 0.3) is 0 Å². The number of piperidine rings is 1. The molecular weight excluding hydrogens is 434 g/mol. The van der Waals surface area contributed by atoms with E-state index in [2.05, 4.69) is 29.4 Å². The van der Waals surface area contributed by atoms with Gasteiger partial charge in [0.25, 0.3) is 0 Å². The van der Waals surface area contributed by atoms with Gasteiger partial charge in [-0.1, -0.05) is 32.9 Å². The number of sulfone groups is 1. The van der Waals surface area contributed by atoms with E-state index in [0.29, 0.717) is 0 Å². The highest BCUT2D eigenvalue weighted by molar-refractivity contribution is 7.91. The van der Waals surface area contributed by atoms with Gasteiger partial charge in [0.15, 0.2) is 9.84 Å². The number of rotatable bonds is 10. The summed E-state index contributed by atoms with van der Waals surface area (Å²) in [6.45, 7) is 10.5. The van der Waals surface area contributed by atoms with Crippen molar-refractivity contribution >= 4 is 33.8 Å². The zero-order valence-corrected chi connectivity index (χ0v) is 21.2. The van der Waals surface area contributed by atoms with Crippen LogP contribution in [0, 0.1) is 11.8 Å². The quantitative estimate of drug-likeness (QED) is 0.541. The molecule has 178 valence electrons. The first kappa shape index (κ1) is 27.9. The monoisotopic (exact) mass is 473 g/mol. The van der Waals surface area contributed by atoms with Gasteiger partial charge < -0.3 is 10.6 Å². The Kier molecular flexibility index (Phi) is 11.5. The molecule has 1 aliphatic rings. The maximum absolute atomic E-state index is 12.8.